The molecule has 0 bridgehead atoms. The summed E-state index contributed by atoms with van der Waals surface area (Å²) in [5, 5.41) is 3.24. The van der Waals surface area contributed by atoms with Gasteiger partial charge < -0.3 is 24.8 Å². The average molecular weight is 598 g/mol. The molecular formula is C31H40FN5O4S. The van der Waals surface area contributed by atoms with E-state index in [2.05, 4.69) is 33.2 Å². The number of amides is 2. The van der Waals surface area contributed by atoms with Crippen LogP contribution in [0.4, 0.5) is 9.52 Å². The van der Waals surface area contributed by atoms with E-state index in [1.54, 1.807) is 29.2 Å². The number of fused-ring (bicyclic) bond motifs is 1. The lowest BCUT2D eigenvalue weighted by Gasteiger charge is -2.31. The minimum absolute atomic E-state index is 0.00459. The Kier molecular flexibility index (Phi) is 9.10. The average Bonchev–Trinajstić information content (AvgIpc) is 3.66. The third-order valence-corrected chi connectivity index (χ3v) is 9.49. The summed E-state index contributed by atoms with van der Waals surface area (Å²) in [6.45, 7) is 11.6. The van der Waals surface area contributed by atoms with E-state index in [0.29, 0.717) is 29.2 Å². The molecule has 11 heteroatoms. The van der Waals surface area contributed by atoms with Gasteiger partial charge in [0.2, 0.25) is 11.0 Å². The Morgan fingerprint density at radius 3 is 2.52 bits per heavy atom. The number of hydrogen-bond acceptors (Lipinski definition) is 8. The smallest absolute Gasteiger partial charge is 0.251 e. The molecule has 3 aliphatic heterocycles. The maximum atomic E-state index is 14.9. The quantitative estimate of drug-likeness (QED) is 0.465. The number of likely N-dealkylation sites (N-methyl/N-ethyl adjacent to an activating group) is 1. The van der Waals surface area contributed by atoms with Gasteiger partial charge in [-0.25, -0.2) is 4.98 Å². The first-order valence-corrected chi connectivity index (χ1v) is 15.5. The van der Waals surface area contributed by atoms with Crippen molar-refractivity contribution in [2.75, 3.05) is 51.3 Å². The zero-order valence-electron chi connectivity index (χ0n) is 24.9. The van der Waals surface area contributed by atoms with Crippen LogP contribution in [0.5, 0.6) is 0 Å². The highest BCUT2D eigenvalue weighted by atomic mass is 32.1. The summed E-state index contributed by atoms with van der Waals surface area (Å²) in [6.07, 6.45) is 2.36. The number of nitrogens with one attached hydrogen (secondary N) is 1. The van der Waals surface area contributed by atoms with Crippen molar-refractivity contribution in [1.82, 2.24) is 20.1 Å². The fourth-order valence-corrected chi connectivity index (χ4v) is 6.83. The number of Topliss-reactive ketones (excluding diaryl/α,β-unsaturated/α-hetero) is 1. The molecule has 5 atom stereocenters. The first kappa shape index (κ1) is 30.3. The number of piperazine rings is 1. The number of thiazole rings is 1. The first-order valence-electron chi connectivity index (χ1n) is 14.7. The van der Waals surface area contributed by atoms with Gasteiger partial charge in [0.1, 0.15) is 24.4 Å². The molecule has 0 aliphatic carbocycles. The predicted octanol–water partition coefficient (Wildman–Crippen LogP) is 3.61. The van der Waals surface area contributed by atoms with Crippen molar-refractivity contribution in [2.24, 2.45) is 11.8 Å². The summed E-state index contributed by atoms with van der Waals surface area (Å²) in [7, 11) is 2.07. The van der Waals surface area contributed by atoms with E-state index < -0.39 is 18.0 Å². The van der Waals surface area contributed by atoms with E-state index in [9.17, 15) is 18.8 Å². The first-order chi connectivity index (χ1) is 20.1. The van der Waals surface area contributed by atoms with Crippen molar-refractivity contribution in [3.63, 3.8) is 0 Å². The van der Waals surface area contributed by atoms with Crippen LogP contribution in [-0.2, 0) is 14.3 Å². The molecule has 3 fully saturated rings. The molecule has 0 radical (unpaired) electrons. The van der Waals surface area contributed by atoms with Crippen LogP contribution < -0.4 is 10.2 Å². The molecule has 3 aliphatic rings. The van der Waals surface area contributed by atoms with E-state index in [0.717, 1.165) is 43.1 Å². The number of nitrogens with zero attached hydrogens (tertiary/aromatic N) is 4. The number of anilines is 1. The largest absolute Gasteiger partial charge is 0.367 e. The lowest BCUT2D eigenvalue weighted by molar-refractivity contribution is -0.139. The fraction of sp³-hybridized carbons (Fsp3) is 0.548. The summed E-state index contributed by atoms with van der Waals surface area (Å²) in [4.78, 5) is 50.5. The van der Waals surface area contributed by atoms with Crippen LogP contribution >= 0.6 is 11.3 Å². The van der Waals surface area contributed by atoms with Crippen LogP contribution in [0.3, 0.4) is 0 Å². The lowest BCUT2D eigenvalue weighted by Crippen LogP contribution is -2.54. The SMILES string of the molecule is CCC(C)C(NC(=O)c1ccc(-c2nc(N3CCN(C)CC3)sc2F)cc1)C(=O)N1CC(C=C(C)C)C2OCC(=O)C21. The Balaban J connectivity index is 1.30. The van der Waals surface area contributed by atoms with Gasteiger partial charge in [-0.2, -0.15) is 4.39 Å². The van der Waals surface area contributed by atoms with Gasteiger partial charge in [0.25, 0.3) is 5.91 Å². The van der Waals surface area contributed by atoms with Crippen LogP contribution in [-0.4, -0.2) is 96.9 Å². The van der Waals surface area contributed by atoms with Gasteiger partial charge in [-0.05, 0) is 38.9 Å². The van der Waals surface area contributed by atoms with E-state index in [4.69, 9.17) is 4.74 Å². The van der Waals surface area contributed by atoms with E-state index in [1.807, 2.05) is 27.7 Å². The number of carbonyl (C=O) groups is 3. The number of carbonyl (C=O) groups excluding carboxylic acids is 3. The Morgan fingerprint density at radius 1 is 1.19 bits per heavy atom. The van der Waals surface area contributed by atoms with Crippen LogP contribution in [0.1, 0.15) is 44.5 Å². The van der Waals surface area contributed by atoms with Gasteiger partial charge in [-0.1, -0.05) is 55.4 Å². The minimum atomic E-state index is -0.802. The highest BCUT2D eigenvalue weighted by Crippen LogP contribution is 2.35. The minimum Gasteiger partial charge on any atom is -0.367 e. The maximum absolute atomic E-state index is 14.9. The summed E-state index contributed by atoms with van der Waals surface area (Å²) in [5.74, 6) is -1.00. The monoisotopic (exact) mass is 597 g/mol. The van der Waals surface area contributed by atoms with E-state index in [1.165, 1.54) is 0 Å². The third-order valence-electron chi connectivity index (χ3n) is 8.59. The highest BCUT2D eigenvalue weighted by molar-refractivity contribution is 7.14. The van der Waals surface area contributed by atoms with Crippen LogP contribution in [0.2, 0.25) is 0 Å². The number of likely N-dealkylation sites (tertiary alicyclic amines) is 1. The van der Waals surface area contributed by atoms with Gasteiger partial charge in [0, 0.05) is 49.8 Å². The zero-order valence-corrected chi connectivity index (χ0v) is 25.7. The molecule has 5 unspecified atom stereocenters. The summed E-state index contributed by atoms with van der Waals surface area (Å²) >= 11 is 1.04. The second kappa shape index (κ2) is 12.6. The normalized spacial score (nSPS) is 24.0. The van der Waals surface area contributed by atoms with Gasteiger partial charge in [-0.3, -0.25) is 14.4 Å². The molecule has 1 N–H and O–H groups in total. The molecule has 0 spiro atoms. The van der Waals surface area contributed by atoms with Crippen molar-refractivity contribution < 1.29 is 23.5 Å². The van der Waals surface area contributed by atoms with E-state index >= 15 is 0 Å². The van der Waals surface area contributed by atoms with Crippen molar-refractivity contribution in [3.8, 4) is 11.3 Å². The molecule has 5 rings (SSSR count). The number of ketones is 1. The molecule has 4 heterocycles. The predicted molar refractivity (Wildman–Crippen MR) is 161 cm³/mol. The molecule has 42 heavy (non-hydrogen) atoms. The third kappa shape index (κ3) is 6.14. The van der Waals surface area contributed by atoms with Gasteiger partial charge in [0.15, 0.2) is 10.9 Å². The Labute approximate surface area is 250 Å². The molecule has 226 valence electrons. The zero-order chi connectivity index (χ0) is 30.1. The number of halogens is 1. The van der Waals surface area contributed by atoms with Crippen molar-refractivity contribution in [2.45, 2.75) is 52.3 Å². The molecular weight excluding hydrogens is 557 g/mol. The number of allylic oxidation sites excluding steroid dienone is 1. The summed E-state index contributed by atoms with van der Waals surface area (Å²) in [5.41, 5.74) is 2.31. The number of rotatable bonds is 8. The Hall–Kier alpha value is -3.15. The van der Waals surface area contributed by atoms with Gasteiger partial charge >= 0.3 is 0 Å². The number of benzene rings is 1. The van der Waals surface area contributed by atoms with Crippen LogP contribution in [0.25, 0.3) is 11.3 Å². The van der Waals surface area contributed by atoms with Crippen LogP contribution in [0, 0.1) is 17.0 Å². The van der Waals surface area contributed by atoms with Crippen LogP contribution in [0.15, 0.2) is 35.9 Å². The van der Waals surface area contributed by atoms with Gasteiger partial charge in [-0.15, -0.1) is 0 Å². The topological polar surface area (TPSA) is 95.1 Å². The lowest BCUT2D eigenvalue weighted by atomic mass is 9.96. The van der Waals surface area contributed by atoms with Crippen molar-refractivity contribution in [1.29, 1.82) is 0 Å². The fourth-order valence-electron chi connectivity index (χ4n) is 5.96. The summed E-state index contributed by atoms with van der Waals surface area (Å²) < 4.78 is 20.7. The molecule has 2 amide bonds. The van der Waals surface area contributed by atoms with Crippen molar-refractivity contribution in [3.05, 3.63) is 46.6 Å². The number of ether oxygens (including phenoxy) is 1. The molecule has 0 saturated carbocycles. The Bertz CT molecular complexity index is 1350. The molecule has 1 aromatic carbocycles. The Morgan fingerprint density at radius 2 is 1.88 bits per heavy atom. The highest BCUT2D eigenvalue weighted by Gasteiger charge is 2.52. The second-order valence-electron chi connectivity index (χ2n) is 11.9. The van der Waals surface area contributed by atoms with Crippen molar-refractivity contribution >= 4 is 34.1 Å². The molecule has 9 nitrogen and oxygen atoms in total. The second-order valence-corrected chi connectivity index (χ2v) is 12.8. The molecule has 3 saturated heterocycles. The maximum Gasteiger partial charge on any atom is 0.251 e. The number of aromatic nitrogens is 1. The van der Waals surface area contributed by atoms with Gasteiger partial charge in [0.05, 0.1) is 6.10 Å². The number of hydrogen-bond donors (Lipinski definition) is 1. The van der Waals surface area contributed by atoms with E-state index in [-0.39, 0.29) is 47.1 Å². The molecule has 1 aromatic heterocycles. The molecule has 2 aromatic rings. The standard InChI is InChI=1S/C31H40FN5O4S/c1-6-19(4)24(30(40)37-16-22(15-18(2)3)27-26(37)23(38)17-41-27)33-29(39)21-9-7-20(8-10-21)25-28(32)42-31(34-25)36-13-11-35(5)12-14-36/h7-10,15,19,22,24,26-27H,6,11-14,16-17H2,1-5H3,(H,33,39). The summed E-state index contributed by atoms with van der Waals surface area (Å²) in [6, 6.07) is 5.19.